The van der Waals surface area contributed by atoms with E-state index in [1.165, 1.54) is 11.1 Å². The highest BCUT2D eigenvalue weighted by Gasteiger charge is 2.24. The molecule has 2 unspecified atom stereocenters. The largest absolute Gasteiger partial charge is 0.497 e. The number of aryl methyl sites for hydroxylation is 1. The first-order valence-electron chi connectivity index (χ1n) is 6.58. The quantitative estimate of drug-likeness (QED) is 0.868. The van der Waals surface area contributed by atoms with E-state index in [-0.39, 0.29) is 6.10 Å². The summed E-state index contributed by atoms with van der Waals surface area (Å²) in [6, 6.07) is 6.32. The predicted molar refractivity (Wildman–Crippen MR) is 69.4 cm³/mol. The Bertz CT molecular complexity index is 373. The molecule has 1 N–H and O–H groups in total. The highest BCUT2D eigenvalue weighted by atomic mass is 16.5. The van der Waals surface area contributed by atoms with Gasteiger partial charge < -0.3 is 9.84 Å². The molecule has 2 atom stereocenters. The lowest BCUT2D eigenvalue weighted by Gasteiger charge is -2.28. The summed E-state index contributed by atoms with van der Waals surface area (Å²) < 4.78 is 5.26. The molecule has 0 amide bonds. The molecule has 0 aliphatic heterocycles. The van der Waals surface area contributed by atoms with Crippen molar-refractivity contribution in [1.29, 1.82) is 0 Å². The van der Waals surface area contributed by atoms with E-state index in [0.717, 1.165) is 37.9 Å². The fourth-order valence-corrected chi connectivity index (χ4v) is 2.75. The van der Waals surface area contributed by atoms with Gasteiger partial charge in [-0.25, -0.2) is 0 Å². The number of hydrogen-bond donors (Lipinski definition) is 1. The fourth-order valence-electron chi connectivity index (χ4n) is 2.75. The van der Waals surface area contributed by atoms with Gasteiger partial charge in [0, 0.05) is 0 Å². The van der Waals surface area contributed by atoms with Gasteiger partial charge in [-0.15, -0.1) is 0 Å². The lowest BCUT2D eigenvalue weighted by atomic mass is 9.80. The molecule has 17 heavy (non-hydrogen) atoms. The standard InChI is InChI=1S/C15H22O2/c1-3-4-15(16)12-6-5-11-7-8-14(17-2)10-13(11)9-12/h7-8,10,12,15-16H,3-6,9H2,1-2H3. The van der Waals surface area contributed by atoms with E-state index in [9.17, 15) is 5.11 Å². The van der Waals surface area contributed by atoms with Crippen molar-refractivity contribution >= 4 is 0 Å². The van der Waals surface area contributed by atoms with Crippen LogP contribution < -0.4 is 4.74 Å². The Balaban J connectivity index is 2.11. The molecule has 2 heteroatoms. The van der Waals surface area contributed by atoms with Gasteiger partial charge in [0.15, 0.2) is 0 Å². The first kappa shape index (κ1) is 12.4. The van der Waals surface area contributed by atoms with Gasteiger partial charge in [0.2, 0.25) is 0 Å². The molecule has 0 spiro atoms. The lowest BCUT2D eigenvalue weighted by Crippen LogP contribution is -2.26. The van der Waals surface area contributed by atoms with Crippen LogP contribution in [0.5, 0.6) is 5.75 Å². The third kappa shape index (κ3) is 2.81. The third-order valence-corrected chi connectivity index (χ3v) is 3.81. The highest BCUT2D eigenvalue weighted by Crippen LogP contribution is 2.31. The van der Waals surface area contributed by atoms with Gasteiger partial charge in [-0.3, -0.25) is 0 Å². The maximum atomic E-state index is 10.1. The second kappa shape index (κ2) is 5.54. The summed E-state index contributed by atoms with van der Waals surface area (Å²) in [4.78, 5) is 0. The molecule has 2 nitrogen and oxygen atoms in total. The zero-order chi connectivity index (χ0) is 12.3. The van der Waals surface area contributed by atoms with Crippen molar-refractivity contribution in [3.05, 3.63) is 29.3 Å². The topological polar surface area (TPSA) is 29.5 Å². The number of aliphatic hydroxyl groups excluding tert-OH is 1. The Morgan fingerprint density at radius 1 is 1.41 bits per heavy atom. The van der Waals surface area contributed by atoms with E-state index < -0.39 is 0 Å². The van der Waals surface area contributed by atoms with Crippen molar-refractivity contribution in [2.24, 2.45) is 5.92 Å². The summed E-state index contributed by atoms with van der Waals surface area (Å²) in [6.07, 6.45) is 5.03. The van der Waals surface area contributed by atoms with Crippen LogP contribution in [0.15, 0.2) is 18.2 Å². The van der Waals surface area contributed by atoms with Crippen LogP contribution in [-0.2, 0) is 12.8 Å². The van der Waals surface area contributed by atoms with Crippen LogP contribution in [0.2, 0.25) is 0 Å². The minimum atomic E-state index is -0.139. The molecular weight excluding hydrogens is 212 g/mol. The van der Waals surface area contributed by atoms with Gasteiger partial charge in [-0.2, -0.15) is 0 Å². The molecule has 0 heterocycles. The first-order valence-corrected chi connectivity index (χ1v) is 6.58. The number of fused-ring (bicyclic) bond motifs is 1. The smallest absolute Gasteiger partial charge is 0.119 e. The molecule has 1 aliphatic rings. The summed E-state index contributed by atoms with van der Waals surface area (Å²) in [5.74, 6) is 1.35. The number of aliphatic hydroxyl groups is 1. The van der Waals surface area contributed by atoms with Crippen LogP contribution >= 0.6 is 0 Å². The zero-order valence-electron chi connectivity index (χ0n) is 10.8. The average Bonchev–Trinajstić information content (AvgIpc) is 2.37. The summed E-state index contributed by atoms with van der Waals surface area (Å²) in [5, 5.41) is 10.1. The predicted octanol–water partition coefficient (Wildman–Crippen LogP) is 2.96. The van der Waals surface area contributed by atoms with Gasteiger partial charge in [0.05, 0.1) is 13.2 Å². The van der Waals surface area contributed by atoms with Crippen molar-refractivity contribution < 1.29 is 9.84 Å². The summed E-state index contributed by atoms with van der Waals surface area (Å²) in [5.41, 5.74) is 2.78. The van der Waals surface area contributed by atoms with Crippen molar-refractivity contribution in [1.82, 2.24) is 0 Å². The van der Waals surface area contributed by atoms with E-state index in [1.807, 2.05) is 6.07 Å². The number of benzene rings is 1. The van der Waals surface area contributed by atoms with Crippen LogP contribution in [0.1, 0.15) is 37.3 Å². The molecule has 0 bridgehead atoms. The molecule has 1 aromatic carbocycles. The molecule has 1 aliphatic carbocycles. The van der Waals surface area contributed by atoms with Gasteiger partial charge in [-0.05, 0) is 54.9 Å². The molecule has 1 aromatic rings. The molecule has 0 saturated carbocycles. The summed E-state index contributed by atoms with van der Waals surface area (Å²) in [7, 11) is 1.70. The summed E-state index contributed by atoms with van der Waals surface area (Å²) >= 11 is 0. The van der Waals surface area contributed by atoms with E-state index in [1.54, 1.807) is 7.11 Å². The molecule has 0 saturated heterocycles. The Hall–Kier alpha value is -1.02. The Labute approximate surface area is 104 Å². The number of rotatable bonds is 4. The van der Waals surface area contributed by atoms with Gasteiger partial charge >= 0.3 is 0 Å². The number of methoxy groups -OCH3 is 1. The molecule has 0 aromatic heterocycles. The molecule has 2 rings (SSSR count). The Kier molecular flexibility index (Phi) is 4.06. The minimum Gasteiger partial charge on any atom is -0.497 e. The Morgan fingerprint density at radius 3 is 2.94 bits per heavy atom. The van der Waals surface area contributed by atoms with Crippen LogP contribution in [0.25, 0.3) is 0 Å². The fraction of sp³-hybridized carbons (Fsp3) is 0.600. The third-order valence-electron chi connectivity index (χ3n) is 3.81. The van der Waals surface area contributed by atoms with Crippen molar-refractivity contribution in [2.75, 3.05) is 7.11 Å². The van der Waals surface area contributed by atoms with Crippen LogP contribution in [0.3, 0.4) is 0 Å². The molecule has 0 radical (unpaired) electrons. The number of ether oxygens (including phenoxy) is 1. The molecular formula is C15H22O2. The lowest BCUT2D eigenvalue weighted by molar-refractivity contribution is 0.0900. The number of hydrogen-bond acceptors (Lipinski definition) is 2. The van der Waals surface area contributed by atoms with E-state index in [4.69, 9.17) is 4.74 Å². The average molecular weight is 234 g/mol. The minimum absolute atomic E-state index is 0.139. The molecule has 0 fully saturated rings. The maximum absolute atomic E-state index is 10.1. The van der Waals surface area contributed by atoms with Gasteiger partial charge in [0.25, 0.3) is 0 Å². The molecule has 94 valence electrons. The van der Waals surface area contributed by atoms with Gasteiger partial charge in [-0.1, -0.05) is 19.4 Å². The maximum Gasteiger partial charge on any atom is 0.119 e. The zero-order valence-corrected chi connectivity index (χ0v) is 10.8. The van der Waals surface area contributed by atoms with Gasteiger partial charge in [0.1, 0.15) is 5.75 Å². The normalized spacial score (nSPS) is 20.8. The highest BCUT2D eigenvalue weighted by molar-refractivity contribution is 5.37. The Morgan fingerprint density at radius 2 is 2.24 bits per heavy atom. The van der Waals surface area contributed by atoms with Crippen LogP contribution in [-0.4, -0.2) is 18.3 Å². The SMILES string of the molecule is CCCC(O)C1CCc2ccc(OC)cc2C1. The first-order chi connectivity index (χ1) is 8.24. The van der Waals surface area contributed by atoms with Crippen LogP contribution in [0.4, 0.5) is 0 Å². The van der Waals surface area contributed by atoms with E-state index in [2.05, 4.69) is 19.1 Å². The van der Waals surface area contributed by atoms with Crippen molar-refractivity contribution in [3.63, 3.8) is 0 Å². The monoisotopic (exact) mass is 234 g/mol. The van der Waals surface area contributed by atoms with Crippen molar-refractivity contribution in [2.45, 2.75) is 45.1 Å². The van der Waals surface area contributed by atoms with E-state index >= 15 is 0 Å². The van der Waals surface area contributed by atoms with Crippen LogP contribution in [0, 0.1) is 5.92 Å². The summed E-state index contributed by atoms with van der Waals surface area (Å²) in [6.45, 7) is 2.13. The van der Waals surface area contributed by atoms with E-state index in [0.29, 0.717) is 5.92 Å². The second-order valence-electron chi connectivity index (χ2n) is 4.99. The van der Waals surface area contributed by atoms with Crippen molar-refractivity contribution in [3.8, 4) is 5.75 Å². The second-order valence-corrected chi connectivity index (χ2v) is 4.99.